The van der Waals surface area contributed by atoms with E-state index in [1.54, 1.807) is 0 Å². The monoisotopic (exact) mass is 279 g/mol. The number of hydrogen-bond acceptors (Lipinski definition) is 4. The Kier molecular flexibility index (Phi) is 8.07. The van der Waals surface area contributed by atoms with Gasteiger partial charge in [0.05, 0.1) is 0 Å². The lowest BCUT2D eigenvalue weighted by Crippen LogP contribution is -2.18. The first kappa shape index (κ1) is 16.2. The second-order valence-corrected chi connectivity index (χ2v) is 4.50. The molecule has 0 amide bonds. The number of carboxylic acids is 1. The second kappa shape index (κ2) is 9.97. The molecule has 0 fully saturated rings. The van der Waals surface area contributed by atoms with Crippen molar-refractivity contribution >= 4 is 11.9 Å². The molecule has 20 heavy (non-hydrogen) atoms. The molecule has 2 N–H and O–H groups in total. The first-order valence-corrected chi connectivity index (χ1v) is 6.80. The Hall–Kier alpha value is -1.88. The van der Waals surface area contributed by atoms with Crippen LogP contribution in [0.5, 0.6) is 0 Å². The smallest absolute Gasteiger partial charge is 0.306 e. The van der Waals surface area contributed by atoms with E-state index in [1.165, 1.54) is 0 Å². The van der Waals surface area contributed by atoms with E-state index in [1.807, 2.05) is 30.3 Å². The van der Waals surface area contributed by atoms with Gasteiger partial charge >= 0.3 is 11.9 Å². The van der Waals surface area contributed by atoms with Crippen molar-refractivity contribution in [2.45, 2.75) is 32.3 Å². The highest BCUT2D eigenvalue weighted by Crippen LogP contribution is 2.02. The van der Waals surface area contributed by atoms with Gasteiger partial charge in [-0.15, -0.1) is 0 Å². The first-order chi connectivity index (χ1) is 9.68. The van der Waals surface area contributed by atoms with E-state index < -0.39 is 5.97 Å². The molecule has 5 nitrogen and oxygen atoms in total. The fraction of sp³-hybridized carbons (Fsp3) is 0.467. The van der Waals surface area contributed by atoms with Gasteiger partial charge in [0.25, 0.3) is 0 Å². The molecule has 0 unspecified atom stereocenters. The molecular formula is C15H21NO4. The Morgan fingerprint density at radius 2 is 1.70 bits per heavy atom. The topological polar surface area (TPSA) is 75.6 Å². The Morgan fingerprint density at radius 3 is 2.35 bits per heavy atom. The molecule has 0 saturated heterocycles. The molecule has 0 bridgehead atoms. The number of ether oxygens (including phenoxy) is 1. The fourth-order valence-electron chi connectivity index (χ4n) is 1.66. The molecule has 0 spiro atoms. The third kappa shape index (κ3) is 8.26. The molecule has 0 aromatic heterocycles. The minimum Gasteiger partial charge on any atom is -0.481 e. The predicted octanol–water partition coefficient (Wildman–Crippen LogP) is 1.96. The standard InChI is InChI=1S/C15H21NO4/c17-14(18)8-4-10-16-11-5-9-15(19)20-12-13-6-2-1-3-7-13/h1-3,6-7,16H,4-5,8-12H2,(H,17,18). The van der Waals surface area contributed by atoms with E-state index in [0.29, 0.717) is 39.0 Å². The Labute approximate surface area is 118 Å². The SMILES string of the molecule is O=C(O)CCCNCCCC(=O)OCc1ccccc1. The molecule has 0 heterocycles. The highest BCUT2D eigenvalue weighted by molar-refractivity contribution is 5.69. The molecular weight excluding hydrogens is 258 g/mol. The lowest BCUT2D eigenvalue weighted by Gasteiger charge is -2.05. The van der Waals surface area contributed by atoms with Crippen molar-refractivity contribution in [3.63, 3.8) is 0 Å². The fourth-order valence-corrected chi connectivity index (χ4v) is 1.66. The van der Waals surface area contributed by atoms with Crippen LogP contribution in [0, 0.1) is 0 Å². The van der Waals surface area contributed by atoms with Crippen LogP contribution in [0.2, 0.25) is 0 Å². The number of carboxylic acid groups (broad SMARTS) is 1. The van der Waals surface area contributed by atoms with Gasteiger partial charge in [-0.2, -0.15) is 0 Å². The van der Waals surface area contributed by atoms with Gasteiger partial charge in [-0.25, -0.2) is 0 Å². The largest absolute Gasteiger partial charge is 0.481 e. The summed E-state index contributed by atoms with van der Waals surface area (Å²) in [6.07, 6.45) is 1.85. The van der Waals surface area contributed by atoms with Crippen molar-refractivity contribution in [3.8, 4) is 0 Å². The van der Waals surface area contributed by atoms with Gasteiger partial charge in [-0.05, 0) is 31.5 Å². The molecule has 1 aromatic carbocycles. The maximum Gasteiger partial charge on any atom is 0.306 e. The molecule has 0 aliphatic rings. The molecule has 110 valence electrons. The van der Waals surface area contributed by atoms with Crippen LogP contribution >= 0.6 is 0 Å². The minimum absolute atomic E-state index is 0.173. The van der Waals surface area contributed by atoms with Crippen molar-refractivity contribution in [1.29, 1.82) is 0 Å². The van der Waals surface area contributed by atoms with Gasteiger partial charge in [-0.1, -0.05) is 30.3 Å². The maximum atomic E-state index is 11.5. The van der Waals surface area contributed by atoms with Gasteiger partial charge in [0, 0.05) is 12.8 Å². The number of rotatable bonds is 10. The summed E-state index contributed by atoms with van der Waals surface area (Å²) in [5.41, 5.74) is 0.979. The number of hydrogen-bond donors (Lipinski definition) is 2. The van der Waals surface area contributed by atoms with Gasteiger partial charge in [-0.3, -0.25) is 9.59 Å². The van der Waals surface area contributed by atoms with E-state index in [2.05, 4.69) is 5.32 Å². The van der Waals surface area contributed by atoms with Crippen LogP contribution in [0.15, 0.2) is 30.3 Å². The third-order valence-electron chi connectivity index (χ3n) is 2.72. The summed E-state index contributed by atoms with van der Waals surface area (Å²) in [6.45, 7) is 1.66. The lowest BCUT2D eigenvalue weighted by molar-refractivity contribution is -0.145. The third-order valence-corrected chi connectivity index (χ3v) is 2.72. The summed E-state index contributed by atoms with van der Waals surface area (Å²) >= 11 is 0. The molecule has 5 heteroatoms. The molecule has 1 rings (SSSR count). The number of esters is 1. The van der Waals surface area contributed by atoms with Gasteiger partial charge in [0.15, 0.2) is 0 Å². The van der Waals surface area contributed by atoms with Crippen LogP contribution in [0.4, 0.5) is 0 Å². The van der Waals surface area contributed by atoms with Crippen LogP contribution in [0.25, 0.3) is 0 Å². The second-order valence-electron chi connectivity index (χ2n) is 4.50. The highest BCUT2D eigenvalue weighted by Gasteiger charge is 2.03. The molecule has 1 aromatic rings. The number of benzene rings is 1. The molecule has 0 aliphatic heterocycles. The zero-order valence-corrected chi connectivity index (χ0v) is 11.5. The number of nitrogens with one attached hydrogen (secondary N) is 1. The number of aliphatic carboxylic acids is 1. The molecule has 0 saturated carbocycles. The molecule has 0 aliphatic carbocycles. The summed E-state index contributed by atoms with van der Waals surface area (Å²) in [5, 5.41) is 11.6. The van der Waals surface area contributed by atoms with Crippen molar-refractivity contribution < 1.29 is 19.4 Å². The van der Waals surface area contributed by atoms with E-state index in [9.17, 15) is 9.59 Å². The quantitative estimate of drug-likeness (QED) is 0.506. The predicted molar refractivity (Wildman–Crippen MR) is 75.2 cm³/mol. The Bertz CT molecular complexity index is 406. The van der Waals surface area contributed by atoms with Crippen LogP contribution in [0.1, 0.15) is 31.2 Å². The first-order valence-electron chi connectivity index (χ1n) is 6.80. The van der Waals surface area contributed by atoms with Crippen LogP contribution < -0.4 is 5.32 Å². The summed E-state index contributed by atoms with van der Waals surface area (Å²) in [7, 11) is 0. The highest BCUT2D eigenvalue weighted by atomic mass is 16.5. The summed E-state index contributed by atoms with van der Waals surface area (Å²) in [4.78, 5) is 21.7. The summed E-state index contributed by atoms with van der Waals surface area (Å²) in [5.74, 6) is -0.988. The van der Waals surface area contributed by atoms with E-state index in [4.69, 9.17) is 9.84 Å². The van der Waals surface area contributed by atoms with Crippen molar-refractivity contribution in [1.82, 2.24) is 5.32 Å². The van der Waals surface area contributed by atoms with E-state index >= 15 is 0 Å². The van der Waals surface area contributed by atoms with E-state index in [-0.39, 0.29) is 12.4 Å². The normalized spacial score (nSPS) is 10.2. The lowest BCUT2D eigenvalue weighted by atomic mass is 10.2. The summed E-state index contributed by atoms with van der Waals surface area (Å²) in [6, 6.07) is 9.56. The minimum atomic E-state index is -0.781. The van der Waals surface area contributed by atoms with Crippen LogP contribution in [-0.4, -0.2) is 30.1 Å². The van der Waals surface area contributed by atoms with Crippen molar-refractivity contribution in [2.24, 2.45) is 0 Å². The number of carbonyl (C=O) groups excluding carboxylic acids is 1. The van der Waals surface area contributed by atoms with Gasteiger partial charge < -0.3 is 15.2 Å². The average Bonchev–Trinajstić information content (AvgIpc) is 2.45. The molecule has 0 radical (unpaired) electrons. The summed E-state index contributed by atoms with van der Waals surface area (Å²) < 4.78 is 5.14. The Balaban J connectivity index is 1.96. The van der Waals surface area contributed by atoms with Crippen LogP contribution in [0.3, 0.4) is 0 Å². The van der Waals surface area contributed by atoms with Gasteiger partial charge in [0.1, 0.15) is 6.61 Å². The van der Waals surface area contributed by atoms with Crippen molar-refractivity contribution in [3.05, 3.63) is 35.9 Å². The molecule has 0 atom stereocenters. The zero-order valence-electron chi connectivity index (χ0n) is 11.5. The maximum absolute atomic E-state index is 11.5. The van der Waals surface area contributed by atoms with Gasteiger partial charge in [0.2, 0.25) is 0 Å². The van der Waals surface area contributed by atoms with Crippen LogP contribution in [-0.2, 0) is 20.9 Å². The number of carbonyl (C=O) groups is 2. The zero-order chi connectivity index (χ0) is 14.6. The Morgan fingerprint density at radius 1 is 1.05 bits per heavy atom. The average molecular weight is 279 g/mol. The van der Waals surface area contributed by atoms with E-state index in [0.717, 1.165) is 5.56 Å². The van der Waals surface area contributed by atoms with Crippen molar-refractivity contribution in [2.75, 3.05) is 13.1 Å².